The molecule has 0 N–H and O–H groups in total. The zero-order chi connectivity index (χ0) is 9.42. The van der Waals surface area contributed by atoms with Crippen LogP contribution in [0, 0.1) is 3.57 Å². The van der Waals surface area contributed by atoms with Gasteiger partial charge in [-0.05, 0) is 28.7 Å². The number of benzene rings is 1. The highest BCUT2D eigenvalue weighted by Crippen LogP contribution is 2.38. The summed E-state index contributed by atoms with van der Waals surface area (Å²) in [5, 5.41) is 0. The van der Waals surface area contributed by atoms with Gasteiger partial charge < -0.3 is 14.4 Å². The smallest absolute Gasteiger partial charge is 0.231 e. The van der Waals surface area contributed by atoms with Crippen LogP contribution in [0.3, 0.4) is 0 Å². The Labute approximate surface area is 90.8 Å². The van der Waals surface area contributed by atoms with Crippen LogP contribution in [0.1, 0.15) is 0 Å². The molecular formula is C9H10INO2. The molecule has 0 aromatic heterocycles. The molecule has 4 heteroatoms. The van der Waals surface area contributed by atoms with E-state index in [1.165, 1.54) is 3.57 Å². The summed E-state index contributed by atoms with van der Waals surface area (Å²) in [6, 6.07) is 4.00. The first kappa shape index (κ1) is 8.93. The van der Waals surface area contributed by atoms with Crippen molar-refractivity contribution in [3.8, 4) is 11.5 Å². The summed E-state index contributed by atoms with van der Waals surface area (Å²) >= 11 is 2.29. The van der Waals surface area contributed by atoms with Crippen molar-refractivity contribution in [2.24, 2.45) is 0 Å². The summed E-state index contributed by atoms with van der Waals surface area (Å²) < 4.78 is 11.7. The normalized spacial score (nSPS) is 13.2. The van der Waals surface area contributed by atoms with Crippen LogP contribution in [0.25, 0.3) is 0 Å². The Morgan fingerprint density at radius 3 is 2.46 bits per heavy atom. The highest BCUT2D eigenvalue weighted by atomic mass is 127. The molecule has 1 aromatic carbocycles. The number of halogens is 1. The van der Waals surface area contributed by atoms with Crippen molar-refractivity contribution >= 4 is 28.3 Å². The third-order valence-corrected chi connectivity index (χ3v) is 2.79. The molecule has 0 bridgehead atoms. The summed E-state index contributed by atoms with van der Waals surface area (Å²) in [4.78, 5) is 2.06. The van der Waals surface area contributed by atoms with Crippen molar-refractivity contribution in [2.75, 3.05) is 25.8 Å². The summed E-state index contributed by atoms with van der Waals surface area (Å²) in [6.07, 6.45) is 0. The fraction of sp³-hybridized carbons (Fsp3) is 0.333. The topological polar surface area (TPSA) is 21.7 Å². The van der Waals surface area contributed by atoms with E-state index in [-0.39, 0.29) is 0 Å². The van der Waals surface area contributed by atoms with Crippen LogP contribution < -0.4 is 14.4 Å². The number of hydrogen-bond acceptors (Lipinski definition) is 3. The van der Waals surface area contributed by atoms with Crippen molar-refractivity contribution in [1.29, 1.82) is 0 Å². The summed E-state index contributed by atoms with van der Waals surface area (Å²) in [5.41, 5.74) is 1.16. The zero-order valence-corrected chi connectivity index (χ0v) is 9.66. The number of fused-ring (bicyclic) bond motifs is 1. The van der Waals surface area contributed by atoms with Gasteiger partial charge in [-0.1, -0.05) is 0 Å². The first-order chi connectivity index (χ1) is 6.18. The van der Waals surface area contributed by atoms with Crippen molar-refractivity contribution < 1.29 is 9.47 Å². The van der Waals surface area contributed by atoms with Gasteiger partial charge in [0.1, 0.15) is 0 Å². The molecule has 0 atom stereocenters. The van der Waals surface area contributed by atoms with E-state index in [9.17, 15) is 0 Å². The molecule has 3 nitrogen and oxygen atoms in total. The number of hydrogen-bond donors (Lipinski definition) is 0. The van der Waals surface area contributed by atoms with Gasteiger partial charge in [-0.25, -0.2) is 0 Å². The van der Waals surface area contributed by atoms with Crippen LogP contribution in [0.15, 0.2) is 12.1 Å². The van der Waals surface area contributed by atoms with Crippen molar-refractivity contribution in [3.63, 3.8) is 0 Å². The Morgan fingerprint density at radius 1 is 1.23 bits per heavy atom. The highest BCUT2D eigenvalue weighted by molar-refractivity contribution is 14.1. The molecule has 0 fully saturated rings. The number of anilines is 1. The predicted molar refractivity (Wildman–Crippen MR) is 59.6 cm³/mol. The largest absolute Gasteiger partial charge is 0.454 e. The second-order valence-electron chi connectivity index (χ2n) is 3.05. The molecule has 0 aliphatic carbocycles. The van der Waals surface area contributed by atoms with Crippen LogP contribution in [0.4, 0.5) is 5.69 Å². The highest BCUT2D eigenvalue weighted by Gasteiger charge is 2.16. The Hall–Kier alpha value is -0.650. The average molecular weight is 291 g/mol. The van der Waals surface area contributed by atoms with Gasteiger partial charge in [-0.15, -0.1) is 0 Å². The lowest BCUT2D eigenvalue weighted by atomic mass is 10.2. The lowest BCUT2D eigenvalue weighted by Crippen LogP contribution is -2.09. The maximum Gasteiger partial charge on any atom is 0.231 e. The SMILES string of the molecule is CN(C)c1cc2c(cc1I)OCO2. The van der Waals surface area contributed by atoms with E-state index in [1.54, 1.807) is 0 Å². The van der Waals surface area contributed by atoms with Gasteiger partial charge in [0.15, 0.2) is 11.5 Å². The Balaban J connectivity index is 2.49. The third-order valence-electron chi connectivity index (χ3n) is 1.92. The number of rotatable bonds is 1. The monoisotopic (exact) mass is 291 g/mol. The molecule has 0 amide bonds. The minimum absolute atomic E-state index is 0.336. The van der Waals surface area contributed by atoms with Crippen molar-refractivity contribution in [1.82, 2.24) is 0 Å². The van der Waals surface area contributed by atoms with Crippen LogP contribution in [-0.4, -0.2) is 20.9 Å². The van der Waals surface area contributed by atoms with Crippen LogP contribution in [-0.2, 0) is 0 Å². The van der Waals surface area contributed by atoms with Gasteiger partial charge >= 0.3 is 0 Å². The lowest BCUT2D eigenvalue weighted by Gasteiger charge is -2.14. The first-order valence-electron chi connectivity index (χ1n) is 3.95. The van der Waals surface area contributed by atoms with Gasteiger partial charge in [0.05, 0.1) is 5.69 Å². The minimum Gasteiger partial charge on any atom is -0.454 e. The van der Waals surface area contributed by atoms with E-state index < -0.39 is 0 Å². The molecule has 0 saturated heterocycles. The molecule has 1 aliphatic heterocycles. The standard InChI is InChI=1S/C9H10INO2/c1-11(2)7-4-9-8(3-6(7)10)12-5-13-9/h3-4H,5H2,1-2H3. The zero-order valence-electron chi connectivity index (χ0n) is 7.50. The fourth-order valence-corrected chi connectivity index (χ4v) is 2.17. The molecule has 0 radical (unpaired) electrons. The molecule has 2 rings (SSSR count). The van der Waals surface area contributed by atoms with E-state index >= 15 is 0 Å². The number of ether oxygens (including phenoxy) is 2. The summed E-state index contributed by atoms with van der Waals surface area (Å²) in [6.45, 7) is 0.336. The Bertz CT molecular complexity index is 339. The summed E-state index contributed by atoms with van der Waals surface area (Å²) in [5.74, 6) is 1.68. The average Bonchev–Trinajstić information content (AvgIpc) is 2.48. The van der Waals surface area contributed by atoms with Gasteiger partial charge in [-0.2, -0.15) is 0 Å². The Morgan fingerprint density at radius 2 is 1.85 bits per heavy atom. The molecule has 70 valence electrons. The van der Waals surface area contributed by atoms with Crippen LogP contribution >= 0.6 is 22.6 Å². The maximum atomic E-state index is 5.29. The van der Waals surface area contributed by atoms with Crippen molar-refractivity contribution in [2.45, 2.75) is 0 Å². The molecule has 1 aromatic rings. The molecular weight excluding hydrogens is 281 g/mol. The van der Waals surface area contributed by atoms with Gasteiger partial charge in [0, 0.05) is 23.7 Å². The molecule has 0 unspecified atom stereocenters. The van der Waals surface area contributed by atoms with E-state index in [0.29, 0.717) is 6.79 Å². The van der Waals surface area contributed by atoms with E-state index in [2.05, 4.69) is 27.5 Å². The minimum atomic E-state index is 0.336. The fourth-order valence-electron chi connectivity index (χ4n) is 1.25. The van der Waals surface area contributed by atoms with Crippen LogP contribution in [0.2, 0.25) is 0 Å². The van der Waals surface area contributed by atoms with E-state index in [4.69, 9.17) is 9.47 Å². The first-order valence-corrected chi connectivity index (χ1v) is 5.03. The lowest BCUT2D eigenvalue weighted by molar-refractivity contribution is 0.174. The quantitative estimate of drug-likeness (QED) is 0.740. The molecule has 13 heavy (non-hydrogen) atoms. The molecule has 1 heterocycles. The van der Waals surface area contributed by atoms with Gasteiger partial charge in [-0.3, -0.25) is 0 Å². The van der Waals surface area contributed by atoms with Gasteiger partial charge in [0.25, 0.3) is 0 Å². The van der Waals surface area contributed by atoms with Gasteiger partial charge in [0.2, 0.25) is 6.79 Å². The summed E-state index contributed by atoms with van der Waals surface area (Å²) in [7, 11) is 4.03. The molecule has 1 aliphatic rings. The van der Waals surface area contributed by atoms with E-state index in [0.717, 1.165) is 17.2 Å². The second-order valence-corrected chi connectivity index (χ2v) is 4.21. The van der Waals surface area contributed by atoms with Crippen molar-refractivity contribution in [3.05, 3.63) is 15.7 Å². The molecule has 0 saturated carbocycles. The number of nitrogens with zero attached hydrogens (tertiary/aromatic N) is 1. The maximum absolute atomic E-state index is 5.29. The van der Waals surface area contributed by atoms with Crippen LogP contribution in [0.5, 0.6) is 11.5 Å². The third kappa shape index (κ3) is 1.54. The van der Waals surface area contributed by atoms with E-state index in [1.807, 2.05) is 26.2 Å². The Kier molecular flexibility index (Phi) is 2.23. The molecule has 0 spiro atoms. The predicted octanol–water partition coefficient (Wildman–Crippen LogP) is 2.09. The second kappa shape index (κ2) is 3.25.